The highest BCUT2D eigenvalue weighted by Gasteiger charge is 2.42. The molecule has 0 saturated carbocycles. The molecular weight excluding hydrogens is 1170 g/mol. The normalized spacial score (nSPS) is 12.2. The zero-order valence-corrected chi connectivity index (χ0v) is 52.4. The fraction of sp³-hybridized carbons (Fsp3) is 0. The summed E-state index contributed by atoms with van der Waals surface area (Å²) in [6, 6.07) is 125. The van der Waals surface area contributed by atoms with Crippen LogP contribution in [0.1, 0.15) is 0 Å². The van der Waals surface area contributed by atoms with E-state index in [1.54, 1.807) is 0 Å². The van der Waals surface area contributed by atoms with E-state index >= 15 is 0 Å². The van der Waals surface area contributed by atoms with E-state index in [4.69, 9.17) is 9.97 Å². The lowest BCUT2D eigenvalue weighted by Crippen LogP contribution is -2.74. The molecular formula is C86H56N8Si. The molecule has 0 saturated heterocycles. The van der Waals surface area contributed by atoms with Gasteiger partial charge in [0, 0.05) is 44.3 Å². The SMILES string of the molecule is c1ccc(-n2c3ccccc3n3c4cc(-c5ccc6c(c5)c5ccccc5n6-c5cccc([Si](c6ccccc6)(c6ccccc6)c6cccc(-n7c8ccccc8c8cc(-c9ccc%10nc%11n(-c%12ccccc%12)c%12ccccc%12n%11c%10c9)ccc87)c6)c5)ccc4nc23)cc1. The molecule has 9 heteroatoms. The quantitative estimate of drug-likeness (QED) is 0.101. The van der Waals surface area contributed by atoms with Crippen LogP contribution in [0.5, 0.6) is 0 Å². The second-order valence-electron chi connectivity index (χ2n) is 25.0. The third kappa shape index (κ3) is 7.88. The maximum Gasteiger partial charge on any atom is 0.220 e. The minimum atomic E-state index is -3.15. The van der Waals surface area contributed by atoms with Crippen molar-refractivity contribution >= 4 is 128 Å². The molecule has 0 unspecified atom stereocenters. The summed E-state index contributed by atoms with van der Waals surface area (Å²) in [6.07, 6.45) is 0. The Hall–Kier alpha value is -12.6. The van der Waals surface area contributed by atoms with Gasteiger partial charge in [0.1, 0.15) is 0 Å². The van der Waals surface area contributed by atoms with Gasteiger partial charge in [-0.2, -0.15) is 0 Å². The molecule has 14 aromatic carbocycles. The molecule has 0 aliphatic heterocycles. The van der Waals surface area contributed by atoms with E-state index in [9.17, 15) is 0 Å². The highest BCUT2D eigenvalue weighted by molar-refractivity contribution is 7.20. The molecule has 444 valence electrons. The lowest BCUT2D eigenvalue weighted by Gasteiger charge is -2.35. The minimum absolute atomic E-state index is 0.898. The highest BCUT2D eigenvalue weighted by atomic mass is 28.3. The number of aromatic nitrogens is 8. The van der Waals surface area contributed by atoms with Gasteiger partial charge >= 0.3 is 0 Å². The van der Waals surface area contributed by atoms with Crippen molar-refractivity contribution in [2.75, 3.05) is 0 Å². The Morgan fingerprint density at radius 3 is 0.958 bits per heavy atom. The third-order valence-corrected chi connectivity index (χ3v) is 24.7. The largest absolute Gasteiger partial charge is 0.309 e. The van der Waals surface area contributed by atoms with Crippen molar-refractivity contribution in [1.82, 2.24) is 37.0 Å². The second kappa shape index (κ2) is 20.7. The zero-order valence-electron chi connectivity index (χ0n) is 51.4. The molecule has 0 aliphatic rings. The van der Waals surface area contributed by atoms with E-state index in [-0.39, 0.29) is 0 Å². The molecule has 0 radical (unpaired) electrons. The first-order valence-electron chi connectivity index (χ1n) is 32.5. The molecule has 0 fully saturated rings. The van der Waals surface area contributed by atoms with Gasteiger partial charge in [0.05, 0.1) is 66.2 Å². The van der Waals surface area contributed by atoms with E-state index < -0.39 is 8.07 Å². The molecule has 0 atom stereocenters. The van der Waals surface area contributed by atoms with E-state index in [2.05, 4.69) is 367 Å². The van der Waals surface area contributed by atoms with Gasteiger partial charge in [-0.3, -0.25) is 17.9 Å². The van der Waals surface area contributed by atoms with Crippen LogP contribution in [0.25, 0.3) is 144 Å². The number of hydrogen-bond acceptors (Lipinski definition) is 2. The van der Waals surface area contributed by atoms with Gasteiger partial charge in [-0.15, -0.1) is 0 Å². The van der Waals surface area contributed by atoms with E-state index in [0.717, 1.165) is 123 Å². The van der Waals surface area contributed by atoms with Gasteiger partial charge in [-0.25, -0.2) is 9.97 Å². The highest BCUT2D eigenvalue weighted by Crippen LogP contribution is 2.40. The molecule has 95 heavy (non-hydrogen) atoms. The summed E-state index contributed by atoms with van der Waals surface area (Å²) in [6.45, 7) is 0. The average molecular weight is 1230 g/mol. The summed E-state index contributed by atoms with van der Waals surface area (Å²) in [7, 11) is -3.15. The Bertz CT molecular complexity index is 6070. The van der Waals surface area contributed by atoms with Crippen molar-refractivity contribution in [1.29, 1.82) is 0 Å². The first-order chi connectivity index (χ1) is 47.1. The Labute approximate surface area is 546 Å². The van der Waals surface area contributed by atoms with Gasteiger partial charge in [-0.1, -0.05) is 206 Å². The topological polar surface area (TPSA) is 54.3 Å². The standard InChI is InChI=1S/C86H56N8Si/c1-5-23-61(24-6-1)91-79-39-17-19-41-81(79)93-83-53-59(43-47-73(83)87-85(91)93)57-45-49-77-71(51-57)69-35-13-15-37-75(69)89(77)63-27-21-33-67(55-63)95(65-29-9-3-10-30-65,66-31-11-4-12-32-66)68-34-22-28-64(56-68)90-76-38-16-14-36-70(76)72-52-58(46-50-78(72)90)60-44-48-74-84(54-60)94-82-42-20-18-40-80(82)92(86(94)88-74)62-25-7-2-8-26-62/h1-56H. The predicted octanol–water partition coefficient (Wildman–Crippen LogP) is 18.1. The monoisotopic (exact) mass is 1230 g/mol. The molecule has 0 N–H and O–H groups in total. The molecule has 6 aromatic heterocycles. The fourth-order valence-corrected chi connectivity index (χ4v) is 20.6. The lowest BCUT2D eigenvalue weighted by molar-refractivity contribution is 1.11. The van der Waals surface area contributed by atoms with E-state index in [0.29, 0.717) is 0 Å². The van der Waals surface area contributed by atoms with Gasteiger partial charge in [-0.05, 0) is 176 Å². The first kappa shape index (κ1) is 53.1. The Morgan fingerprint density at radius 1 is 0.200 bits per heavy atom. The summed E-state index contributed by atoms with van der Waals surface area (Å²) >= 11 is 0. The molecule has 0 amide bonds. The van der Waals surface area contributed by atoms with Crippen LogP contribution in [-0.2, 0) is 0 Å². The van der Waals surface area contributed by atoms with Crippen molar-refractivity contribution in [3.63, 3.8) is 0 Å². The fourth-order valence-electron chi connectivity index (χ4n) is 15.8. The average Bonchev–Trinajstić information content (AvgIpc) is 1.66. The Balaban J connectivity index is 0.725. The third-order valence-electron chi connectivity index (χ3n) is 19.9. The Kier molecular flexibility index (Phi) is 11.6. The minimum Gasteiger partial charge on any atom is -0.309 e. The van der Waals surface area contributed by atoms with Crippen LogP contribution in [-0.4, -0.2) is 45.1 Å². The van der Waals surface area contributed by atoms with Crippen LogP contribution in [0.2, 0.25) is 0 Å². The second-order valence-corrected chi connectivity index (χ2v) is 28.8. The van der Waals surface area contributed by atoms with Crippen LogP contribution in [0.15, 0.2) is 340 Å². The van der Waals surface area contributed by atoms with Crippen LogP contribution < -0.4 is 20.7 Å². The van der Waals surface area contributed by atoms with Gasteiger partial charge in [0.2, 0.25) is 11.6 Å². The molecule has 0 bridgehead atoms. The smallest absolute Gasteiger partial charge is 0.220 e. The molecule has 6 heterocycles. The van der Waals surface area contributed by atoms with Gasteiger partial charge < -0.3 is 9.13 Å². The summed E-state index contributed by atoms with van der Waals surface area (Å²) in [5, 5.41) is 10.0. The zero-order chi connectivity index (χ0) is 62.3. The summed E-state index contributed by atoms with van der Waals surface area (Å²) in [5.74, 6) is 1.80. The van der Waals surface area contributed by atoms with Crippen molar-refractivity contribution < 1.29 is 0 Å². The van der Waals surface area contributed by atoms with Gasteiger partial charge in [0.25, 0.3) is 0 Å². The van der Waals surface area contributed by atoms with Crippen molar-refractivity contribution in [2.45, 2.75) is 0 Å². The lowest BCUT2D eigenvalue weighted by atomic mass is 10.0. The summed E-state index contributed by atoms with van der Waals surface area (Å²) in [4.78, 5) is 10.5. The number of benzene rings is 14. The van der Waals surface area contributed by atoms with E-state index in [1.165, 1.54) is 42.3 Å². The predicted molar refractivity (Wildman–Crippen MR) is 396 cm³/mol. The summed E-state index contributed by atoms with van der Waals surface area (Å²) in [5.41, 5.74) is 22.2. The number of rotatable bonds is 10. The molecule has 0 aliphatic carbocycles. The molecule has 20 rings (SSSR count). The number of nitrogens with zero attached hydrogens (tertiary/aromatic N) is 8. The van der Waals surface area contributed by atoms with Crippen LogP contribution >= 0.6 is 0 Å². The van der Waals surface area contributed by atoms with Gasteiger partial charge in [0.15, 0.2) is 8.07 Å². The molecule has 0 spiro atoms. The van der Waals surface area contributed by atoms with Crippen LogP contribution in [0.3, 0.4) is 0 Å². The number of fused-ring (bicyclic) bond motifs is 16. The van der Waals surface area contributed by atoms with Crippen molar-refractivity contribution in [3.8, 4) is 45.0 Å². The van der Waals surface area contributed by atoms with E-state index in [1.807, 2.05) is 0 Å². The number of hydrogen-bond donors (Lipinski definition) is 0. The van der Waals surface area contributed by atoms with Crippen LogP contribution in [0.4, 0.5) is 0 Å². The Morgan fingerprint density at radius 2 is 0.526 bits per heavy atom. The maximum absolute atomic E-state index is 5.27. The maximum atomic E-state index is 5.27. The number of imidazole rings is 4. The van der Waals surface area contributed by atoms with Crippen molar-refractivity contribution in [3.05, 3.63) is 340 Å². The van der Waals surface area contributed by atoms with Crippen molar-refractivity contribution in [2.24, 2.45) is 0 Å². The summed E-state index contributed by atoms with van der Waals surface area (Å²) < 4.78 is 14.1. The number of para-hydroxylation sites is 8. The molecule has 20 aromatic rings. The first-order valence-corrected chi connectivity index (χ1v) is 34.5. The molecule has 8 nitrogen and oxygen atoms in total. The van der Waals surface area contributed by atoms with Crippen LogP contribution in [0, 0.1) is 0 Å².